The molecule has 0 aliphatic rings. The van der Waals surface area contributed by atoms with E-state index in [1.54, 1.807) is 18.2 Å². The van der Waals surface area contributed by atoms with E-state index in [1.807, 2.05) is 36.4 Å². The van der Waals surface area contributed by atoms with Gasteiger partial charge in [0.2, 0.25) is 0 Å². The van der Waals surface area contributed by atoms with Gasteiger partial charge in [-0.15, -0.1) is 0 Å². The van der Waals surface area contributed by atoms with Crippen molar-refractivity contribution in [2.75, 3.05) is 5.32 Å². The molecule has 2 aromatic carbocycles. The third kappa shape index (κ3) is 2.33. The van der Waals surface area contributed by atoms with Crippen molar-refractivity contribution in [1.29, 1.82) is 5.26 Å². The van der Waals surface area contributed by atoms with Gasteiger partial charge in [0, 0.05) is 5.69 Å². The van der Waals surface area contributed by atoms with Gasteiger partial charge in [-0.2, -0.15) is 5.26 Å². The summed E-state index contributed by atoms with van der Waals surface area (Å²) in [5.41, 5.74) is 2.32. The molecule has 2 nitrogen and oxygen atoms in total. The van der Waals surface area contributed by atoms with E-state index in [-0.39, 0.29) is 0 Å². The monoisotopic (exact) mass is 228 g/mol. The Morgan fingerprint density at radius 3 is 2.44 bits per heavy atom. The summed E-state index contributed by atoms with van der Waals surface area (Å²) in [6.07, 6.45) is 0. The van der Waals surface area contributed by atoms with Crippen LogP contribution in [0.2, 0.25) is 5.02 Å². The van der Waals surface area contributed by atoms with Crippen LogP contribution in [0.15, 0.2) is 48.5 Å². The molecule has 0 heterocycles. The Kier molecular flexibility index (Phi) is 3.09. The minimum absolute atomic E-state index is 0.544. The second kappa shape index (κ2) is 4.69. The van der Waals surface area contributed by atoms with Gasteiger partial charge < -0.3 is 5.32 Å². The predicted molar refractivity (Wildman–Crippen MR) is 65.9 cm³/mol. The van der Waals surface area contributed by atoms with E-state index in [9.17, 15) is 0 Å². The van der Waals surface area contributed by atoms with Crippen LogP contribution in [0.5, 0.6) is 0 Å². The number of halogens is 1. The maximum Gasteiger partial charge on any atom is 0.0992 e. The molecule has 0 unspecified atom stereocenters. The van der Waals surface area contributed by atoms with E-state index in [0.29, 0.717) is 10.6 Å². The van der Waals surface area contributed by atoms with Gasteiger partial charge in [0.1, 0.15) is 0 Å². The molecule has 0 amide bonds. The summed E-state index contributed by atoms with van der Waals surface area (Å²) in [6.45, 7) is 0. The normalized spacial score (nSPS) is 9.50. The van der Waals surface area contributed by atoms with Crippen LogP contribution in [0.3, 0.4) is 0 Å². The molecule has 78 valence electrons. The predicted octanol–water partition coefficient (Wildman–Crippen LogP) is 3.96. The zero-order chi connectivity index (χ0) is 11.4. The van der Waals surface area contributed by atoms with Gasteiger partial charge in [0.15, 0.2) is 0 Å². The van der Waals surface area contributed by atoms with Crippen LogP contribution in [-0.2, 0) is 0 Å². The summed E-state index contributed by atoms with van der Waals surface area (Å²) < 4.78 is 0. The Balaban J connectivity index is 2.27. The molecular formula is C13H9ClN2. The zero-order valence-electron chi connectivity index (χ0n) is 8.44. The molecule has 0 bridgehead atoms. The number of anilines is 2. The van der Waals surface area contributed by atoms with Gasteiger partial charge in [-0.25, -0.2) is 0 Å². The summed E-state index contributed by atoms with van der Waals surface area (Å²) in [6, 6.07) is 17.0. The molecule has 0 saturated carbocycles. The van der Waals surface area contributed by atoms with Gasteiger partial charge in [-0.05, 0) is 30.3 Å². The van der Waals surface area contributed by atoms with Crippen LogP contribution in [0.4, 0.5) is 11.4 Å². The summed E-state index contributed by atoms with van der Waals surface area (Å²) in [5, 5.41) is 12.4. The average Bonchev–Trinajstić information content (AvgIpc) is 2.33. The third-order valence-electron chi connectivity index (χ3n) is 2.15. The molecule has 0 aromatic heterocycles. The third-order valence-corrected chi connectivity index (χ3v) is 2.46. The quantitative estimate of drug-likeness (QED) is 0.845. The van der Waals surface area contributed by atoms with E-state index in [4.69, 9.17) is 16.9 Å². The van der Waals surface area contributed by atoms with Crippen LogP contribution in [0.1, 0.15) is 5.56 Å². The number of para-hydroxylation sites is 1. The molecule has 1 N–H and O–H groups in total. The van der Waals surface area contributed by atoms with Gasteiger partial charge in [0.25, 0.3) is 0 Å². The SMILES string of the molecule is N#Cc1ccc(Nc2ccccc2)c(Cl)c1. The molecule has 2 rings (SSSR count). The molecule has 0 aliphatic heterocycles. The van der Waals surface area contributed by atoms with Gasteiger partial charge >= 0.3 is 0 Å². The minimum atomic E-state index is 0.544. The van der Waals surface area contributed by atoms with Crippen LogP contribution in [0.25, 0.3) is 0 Å². The first-order valence-corrected chi connectivity index (χ1v) is 5.19. The van der Waals surface area contributed by atoms with E-state index in [0.717, 1.165) is 11.4 Å². The number of rotatable bonds is 2. The van der Waals surface area contributed by atoms with E-state index < -0.39 is 0 Å². The molecule has 0 fully saturated rings. The number of nitriles is 1. The standard InChI is InChI=1S/C13H9ClN2/c14-12-8-10(9-15)6-7-13(12)16-11-4-2-1-3-5-11/h1-8,16H. The molecule has 0 spiro atoms. The molecule has 2 aromatic rings. The summed E-state index contributed by atoms with van der Waals surface area (Å²) in [7, 11) is 0. The highest BCUT2D eigenvalue weighted by atomic mass is 35.5. The van der Waals surface area contributed by atoms with Crippen molar-refractivity contribution in [3.05, 3.63) is 59.1 Å². The first-order valence-electron chi connectivity index (χ1n) is 4.81. The lowest BCUT2D eigenvalue weighted by Crippen LogP contribution is -1.91. The second-order valence-corrected chi connectivity index (χ2v) is 3.70. The maximum absolute atomic E-state index is 8.71. The van der Waals surface area contributed by atoms with Crippen molar-refractivity contribution in [3.63, 3.8) is 0 Å². The van der Waals surface area contributed by atoms with Crippen LogP contribution < -0.4 is 5.32 Å². The van der Waals surface area contributed by atoms with Crippen molar-refractivity contribution in [1.82, 2.24) is 0 Å². The lowest BCUT2D eigenvalue weighted by molar-refractivity contribution is 1.47. The molecule has 0 atom stereocenters. The Morgan fingerprint density at radius 2 is 1.81 bits per heavy atom. The van der Waals surface area contributed by atoms with E-state index >= 15 is 0 Å². The topological polar surface area (TPSA) is 35.8 Å². The highest BCUT2D eigenvalue weighted by molar-refractivity contribution is 6.33. The van der Waals surface area contributed by atoms with Gasteiger partial charge in [0.05, 0.1) is 22.3 Å². The van der Waals surface area contributed by atoms with Crippen molar-refractivity contribution in [2.45, 2.75) is 0 Å². The number of nitrogens with zero attached hydrogens (tertiary/aromatic N) is 1. The van der Waals surface area contributed by atoms with E-state index in [2.05, 4.69) is 5.32 Å². The molecule has 0 radical (unpaired) electrons. The van der Waals surface area contributed by atoms with Crippen LogP contribution >= 0.6 is 11.6 Å². The van der Waals surface area contributed by atoms with E-state index in [1.165, 1.54) is 0 Å². The largest absolute Gasteiger partial charge is 0.354 e. The molecule has 0 aliphatic carbocycles. The molecule has 0 saturated heterocycles. The fourth-order valence-electron chi connectivity index (χ4n) is 1.36. The van der Waals surface area contributed by atoms with Gasteiger partial charge in [-0.3, -0.25) is 0 Å². The first-order chi connectivity index (χ1) is 7.79. The van der Waals surface area contributed by atoms with Crippen molar-refractivity contribution < 1.29 is 0 Å². The number of hydrogen-bond donors (Lipinski definition) is 1. The Hall–Kier alpha value is -1.98. The molecular weight excluding hydrogens is 220 g/mol. The highest BCUT2D eigenvalue weighted by Gasteiger charge is 2.01. The first kappa shape index (κ1) is 10.5. The lowest BCUT2D eigenvalue weighted by atomic mass is 10.2. The van der Waals surface area contributed by atoms with Crippen molar-refractivity contribution in [2.24, 2.45) is 0 Å². The molecule has 16 heavy (non-hydrogen) atoms. The van der Waals surface area contributed by atoms with Gasteiger partial charge in [-0.1, -0.05) is 29.8 Å². The summed E-state index contributed by atoms with van der Waals surface area (Å²) >= 11 is 6.04. The number of nitrogens with one attached hydrogen (secondary N) is 1. The fraction of sp³-hybridized carbons (Fsp3) is 0. The van der Waals surface area contributed by atoms with Crippen molar-refractivity contribution >= 4 is 23.0 Å². The molecule has 3 heteroatoms. The smallest absolute Gasteiger partial charge is 0.0992 e. The Morgan fingerprint density at radius 1 is 1.06 bits per heavy atom. The summed E-state index contributed by atoms with van der Waals surface area (Å²) in [5.74, 6) is 0. The minimum Gasteiger partial charge on any atom is -0.354 e. The average molecular weight is 229 g/mol. The Labute approximate surface area is 99.1 Å². The zero-order valence-corrected chi connectivity index (χ0v) is 9.20. The lowest BCUT2D eigenvalue weighted by Gasteiger charge is -2.07. The Bertz CT molecular complexity index is 529. The summed E-state index contributed by atoms with van der Waals surface area (Å²) in [4.78, 5) is 0. The van der Waals surface area contributed by atoms with Crippen molar-refractivity contribution in [3.8, 4) is 6.07 Å². The van der Waals surface area contributed by atoms with Crippen LogP contribution in [0, 0.1) is 11.3 Å². The maximum atomic E-state index is 8.71. The number of hydrogen-bond acceptors (Lipinski definition) is 2. The number of benzene rings is 2. The fourth-order valence-corrected chi connectivity index (χ4v) is 1.59. The second-order valence-electron chi connectivity index (χ2n) is 3.30. The highest BCUT2D eigenvalue weighted by Crippen LogP contribution is 2.26. The van der Waals surface area contributed by atoms with Crippen LogP contribution in [-0.4, -0.2) is 0 Å².